The van der Waals surface area contributed by atoms with Gasteiger partial charge < -0.3 is 15.0 Å². The number of likely N-dealkylation sites (tertiary alicyclic amines) is 1. The number of nitrogens with zero attached hydrogens (tertiary/aromatic N) is 2. The Morgan fingerprint density at radius 2 is 2.09 bits per heavy atom. The molecule has 1 aliphatic rings. The molecule has 1 N–H and O–H groups in total. The minimum absolute atomic E-state index is 0.0782. The van der Waals surface area contributed by atoms with Crippen molar-refractivity contribution >= 4 is 11.9 Å². The molecule has 0 saturated carbocycles. The average molecular weight is 303 g/mol. The highest BCUT2D eigenvalue weighted by atomic mass is 16.5. The minimum Gasteiger partial charge on any atom is -0.469 e. The molecule has 0 radical (unpaired) electrons. The van der Waals surface area contributed by atoms with Crippen molar-refractivity contribution in [1.82, 2.24) is 10.2 Å². The fourth-order valence-electron chi connectivity index (χ4n) is 2.77. The zero-order valence-electron chi connectivity index (χ0n) is 13.6. The van der Waals surface area contributed by atoms with Gasteiger partial charge in [0.2, 0.25) is 0 Å². The highest BCUT2D eigenvalue weighted by Crippen LogP contribution is 2.24. The summed E-state index contributed by atoms with van der Waals surface area (Å²) in [4.78, 5) is 18.7. The Hall–Kier alpha value is -2.04. The Bertz CT molecular complexity index is 516. The molecule has 0 bridgehead atoms. The normalized spacial score (nSPS) is 21.8. The largest absolute Gasteiger partial charge is 0.469 e. The summed E-state index contributed by atoms with van der Waals surface area (Å²) in [6.45, 7) is 7.06. The first-order valence-corrected chi connectivity index (χ1v) is 7.80. The van der Waals surface area contributed by atoms with Crippen LogP contribution in [0, 0.1) is 11.8 Å². The Morgan fingerprint density at radius 1 is 1.36 bits per heavy atom. The third kappa shape index (κ3) is 4.00. The van der Waals surface area contributed by atoms with E-state index in [2.05, 4.69) is 36.2 Å². The summed E-state index contributed by atoms with van der Waals surface area (Å²) >= 11 is 0. The van der Waals surface area contributed by atoms with Gasteiger partial charge in [-0.15, -0.1) is 0 Å². The standard InChI is InChI=1S/C17H25N3O2/c1-4-18-17(19-10-14-8-6-5-7-9-14)20-11-13(2)15(12-20)16(21)22-3/h5-9,13,15H,4,10-12H2,1-3H3,(H,18,19). The first kappa shape index (κ1) is 16.3. The van der Waals surface area contributed by atoms with Crippen LogP contribution < -0.4 is 5.32 Å². The lowest BCUT2D eigenvalue weighted by Gasteiger charge is -2.21. The summed E-state index contributed by atoms with van der Waals surface area (Å²) in [6.07, 6.45) is 0. The minimum atomic E-state index is -0.131. The number of guanidine groups is 1. The van der Waals surface area contributed by atoms with E-state index in [-0.39, 0.29) is 17.8 Å². The van der Waals surface area contributed by atoms with Crippen molar-refractivity contribution in [3.05, 3.63) is 35.9 Å². The molecule has 0 aromatic heterocycles. The van der Waals surface area contributed by atoms with Gasteiger partial charge in [0.25, 0.3) is 0 Å². The molecule has 2 atom stereocenters. The molecule has 5 nitrogen and oxygen atoms in total. The molecule has 1 aliphatic heterocycles. The van der Waals surface area contributed by atoms with E-state index in [4.69, 9.17) is 9.73 Å². The summed E-state index contributed by atoms with van der Waals surface area (Å²) in [5, 5.41) is 3.32. The molecule has 1 aromatic rings. The van der Waals surface area contributed by atoms with Crippen LogP contribution in [0.2, 0.25) is 0 Å². The first-order valence-electron chi connectivity index (χ1n) is 7.80. The number of rotatable bonds is 4. The zero-order chi connectivity index (χ0) is 15.9. The number of esters is 1. The monoisotopic (exact) mass is 303 g/mol. The number of ether oxygens (including phenoxy) is 1. The lowest BCUT2D eigenvalue weighted by atomic mass is 9.99. The maximum Gasteiger partial charge on any atom is 0.310 e. The number of hydrogen-bond acceptors (Lipinski definition) is 3. The van der Waals surface area contributed by atoms with Crippen molar-refractivity contribution in [2.24, 2.45) is 16.8 Å². The molecular formula is C17H25N3O2. The van der Waals surface area contributed by atoms with Crippen LogP contribution in [0.25, 0.3) is 0 Å². The van der Waals surface area contributed by atoms with Crippen molar-refractivity contribution in [1.29, 1.82) is 0 Å². The number of hydrogen-bond donors (Lipinski definition) is 1. The highest BCUT2D eigenvalue weighted by molar-refractivity contribution is 5.82. The van der Waals surface area contributed by atoms with Crippen LogP contribution in [0.5, 0.6) is 0 Å². The second-order valence-electron chi connectivity index (χ2n) is 5.67. The predicted molar refractivity (Wildman–Crippen MR) is 87.5 cm³/mol. The summed E-state index contributed by atoms with van der Waals surface area (Å²) in [7, 11) is 1.45. The summed E-state index contributed by atoms with van der Waals surface area (Å²) in [6, 6.07) is 10.2. The number of benzene rings is 1. The maximum absolute atomic E-state index is 11.8. The molecule has 1 heterocycles. The lowest BCUT2D eigenvalue weighted by molar-refractivity contribution is -0.145. The van der Waals surface area contributed by atoms with Gasteiger partial charge >= 0.3 is 5.97 Å². The number of nitrogens with one attached hydrogen (secondary N) is 1. The highest BCUT2D eigenvalue weighted by Gasteiger charge is 2.36. The summed E-state index contributed by atoms with van der Waals surface area (Å²) < 4.78 is 4.90. The third-order valence-corrected chi connectivity index (χ3v) is 4.00. The van der Waals surface area contributed by atoms with Crippen LogP contribution in [-0.2, 0) is 16.1 Å². The summed E-state index contributed by atoms with van der Waals surface area (Å²) in [5.41, 5.74) is 1.18. The molecule has 1 fully saturated rings. The van der Waals surface area contributed by atoms with Crippen LogP contribution in [0.3, 0.4) is 0 Å². The van der Waals surface area contributed by atoms with E-state index < -0.39 is 0 Å². The predicted octanol–water partition coefficient (Wildman–Crippen LogP) is 1.89. The van der Waals surface area contributed by atoms with Crippen molar-refractivity contribution < 1.29 is 9.53 Å². The molecule has 0 spiro atoms. The molecular weight excluding hydrogens is 278 g/mol. The molecule has 1 saturated heterocycles. The zero-order valence-corrected chi connectivity index (χ0v) is 13.6. The Kier molecular flexibility index (Phi) is 5.81. The fraction of sp³-hybridized carbons (Fsp3) is 0.529. The molecule has 2 rings (SSSR count). The molecule has 0 aliphatic carbocycles. The number of methoxy groups -OCH3 is 1. The second-order valence-corrected chi connectivity index (χ2v) is 5.67. The van der Waals surface area contributed by atoms with Crippen molar-refractivity contribution in [3.8, 4) is 0 Å². The van der Waals surface area contributed by atoms with E-state index >= 15 is 0 Å². The summed E-state index contributed by atoms with van der Waals surface area (Å²) in [5.74, 6) is 0.928. The van der Waals surface area contributed by atoms with Gasteiger partial charge in [-0.2, -0.15) is 0 Å². The molecule has 2 unspecified atom stereocenters. The Labute approximate surface area is 132 Å². The van der Waals surface area contributed by atoms with E-state index in [0.717, 1.165) is 19.0 Å². The van der Waals surface area contributed by atoms with E-state index in [0.29, 0.717) is 13.1 Å². The van der Waals surface area contributed by atoms with Crippen LogP contribution in [0.1, 0.15) is 19.4 Å². The number of aliphatic imine (C=N–C) groups is 1. The van der Waals surface area contributed by atoms with Gasteiger partial charge in [-0.05, 0) is 18.4 Å². The topological polar surface area (TPSA) is 53.9 Å². The lowest BCUT2D eigenvalue weighted by Crippen LogP contribution is -2.40. The van der Waals surface area contributed by atoms with Crippen LogP contribution >= 0.6 is 0 Å². The number of carbonyl (C=O) groups is 1. The van der Waals surface area contributed by atoms with Crippen molar-refractivity contribution in [3.63, 3.8) is 0 Å². The second kappa shape index (κ2) is 7.82. The Morgan fingerprint density at radius 3 is 2.73 bits per heavy atom. The van der Waals surface area contributed by atoms with Gasteiger partial charge in [-0.3, -0.25) is 4.79 Å². The van der Waals surface area contributed by atoms with Crippen LogP contribution in [-0.4, -0.2) is 43.6 Å². The smallest absolute Gasteiger partial charge is 0.310 e. The quantitative estimate of drug-likeness (QED) is 0.524. The molecule has 22 heavy (non-hydrogen) atoms. The van der Waals surface area contributed by atoms with Crippen molar-refractivity contribution in [2.45, 2.75) is 20.4 Å². The van der Waals surface area contributed by atoms with Crippen molar-refractivity contribution in [2.75, 3.05) is 26.7 Å². The first-order chi connectivity index (χ1) is 10.7. The van der Waals surface area contributed by atoms with Gasteiger partial charge in [-0.1, -0.05) is 37.3 Å². The molecule has 1 aromatic carbocycles. The van der Waals surface area contributed by atoms with Gasteiger partial charge in [0, 0.05) is 19.6 Å². The van der Waals surface area contributed by atoms with E-state index in [1.54, 1.807) is 0 Å². The average Bonchev–Trinajstić information content (AvgIpc) is 2.93. The van der Waals surface area contributed by atoms with E-state index in [1.807, 2.05) is 18.2 Å². The van der Waals surface area contributed by atoms with Gasteiger partial charge in [0.15, 0.2) is 5.96 Å². The SMILES string of the molecule is CCNC(=NCc1ccccc1)N1CC(C)C(C(=O)OC)C1. The van der Waals surface area contributed by atoms with E-state index in [1.165, 1.54) is 12.7 Å². The van der Waals surface area contributed by atoms with Gasteiger partial charge in [-0.25, -0.2) is 4.99 Å². The van der Waals surface area contributed by atoms with Gasteiger partial charge in [0.05, 0.1) is 19.6 Å². The fourth-order valence-corrected chi connectivity index (χ4v) is 2.77. The number of carbonyl (C=O) groups excluding carboxylic acids is 1. The van der Waals surface area contributed by atoms with Crippen LogP contribution in [0.15, 0.2) is 35.3 Å². The molecule has 5 heteroatoms. The Balaban J connectivity index is 2.06. The molecule has 0 amide bonds. The van der Waals surface area contributed by atoms with Gasteiger partial charge in [0.1, 0.15) is 0 Å². The van der Waals surface area contributed by atoms with Crippen LogP contribution in [0.4, 0.5) is 0 Å². The van der Waals surface area contributed by atoms with E-state index in [9.17, 15) is 4.79 Å². The third-order valence-electron chi connectivity index (χ3n) is 4.00. The maximum atomic E-state index is 11.8. The molecule has 120 valence electrons.